The molecule has 0 bridgehead atoms. The van der Waals surface area contributed by atoms with Gasteiger partial charge in [0, 0.05) is 25.7 Å². The number of aliphatic hydroxyl groups is 1. The van der Waals surface area contributed by atoms with Gasteiger partial charge in [-0.25, -0.2) is 9.13 Å². The fraction of sp³-hybridized carbons (Fsp3) is 0.950. The molecule has 0 amide bonds. The van der Waals surface area contributed by atoms with Crippen LogP contribution in [0.2, 0.25) is 0 Å². The minimum Gasteiger partial charge on any atom is -0.462 e. The van der Waals surface area contributed by atoms with Crippen LogP contribution in [0.4, 0.5) is 0 Å². The zero-order valence-electron chi connectivity index (χ0n) is 65.0. The summed E-state index contributed by atoms with van der Waals surface area (Å²) in [6.45, 7) is 11.9. The summed E-state index contributed by atoms with van der Waals surface area (Å²) in [7, 11) is -9.91. The lowest BCUT2D eigenvalue weighted by atomic mass is 9.99. The van der Waals surface area contributed by atoms with Gasteiger partial charge in [-0.1, -0.05) is 363 Å². The summed E-state index contributed by atoms with van der Waals surface area (Å²) in [4.78, 5) is 72.8. The van der Waals surface area contributed by atoms with E-state index in [1.807, 2.05) is 0 Å². The van der Waals surface area contributed by atoms with Crippen molar-refractivity contribution in [3.05, 3.63) is 0 Å². The minimum absolute atomic E-state index is 0.103. The summed E-state index contributed by atoms with van der Waals surface area (Å²) < 4.78 is 68.6. The standard InChI is InChI=1S/C80H156O17P2/c1-8-10-11-12-13-31-40-47-54-61-77(82)90-68-76(97-80(85)64-57-50-43-36-38-45-52-59-72(5)6)70-95-99(88,89)93-66-74(81)65-92-98(86,87)94-69-75(67-91-78(83)62-55-48-41-34-29-25-22-18-19-23-27-32-37-44-51-58-71(3)4)96-79(84)63-56-49-42-35-30-26-21-17-15-14-16-20-24-28-33-39-46-53-60-73(7)9-2/h71-76,81H,8-70H2,1-7H3,(H,86,87)(H,88,89)/t73?,74-,75-,76-/m1/s1. The van der Waals surface area contributed by atoms with E-state index in [-0.39, 0.29) is 25.7 Å². The van der Waals surface area contributed by atoms with E-state index in [0.29, 0.717) is 31.6 Å². The maximum absolute atomic E-state index is 13.1. The highest BCUT2D eigenvalue weighted by Crippen LogP contribution is 2.45. The Morgan fingerprint density at radius 3 is 0.768 bits per heavy atom. The van der Waals surface area contributed by atoms with Crippen molar-refractivity contribution in [2.75, 3.05) is 39.6 Å². The molecule has 0 aliphatic heterocycles. The average Bonchev–Trinajstić information content (AvgIpc) is 1.19. The van der Waals surface area contributed by atoms with Gasteiger partial charge in [0.05, 0.1) is 26.4 Å². The van der Waals surface area contributed by atoms with E-state index >= 15 is 0 Å². The molecule has 0 heterocycles. The number of unbranched alkanes of at least 4 members (excludes halogenated alkanes) is 45. The Hall–Kier alpha value is -1.94. The Bertz CT molecular complexity index is 1920. The molecule has 17 nitrogen and oxygen atoms in total. The molecule has 0 aliphatic carbocycles. The Morgan fingerprint density at radius 1 is 0.293 bits per heavy atom. The molecule has 0 saturated carbocycles. The first kappa shape index (κ1) is 97.1. The number of aliphatic hydroxyl groups excluding tert-OH is 1. The predicted molar refractivity (Wildman–Crippen MR) is 405 cm³/mol. The summed E-state index contributed by atoms with van der Waals surface area (Å²) >= 11 is 0. The van der Waals surface area contributed by atoms with Gasteiger partial charge in [-0.05, 0) is 43.4 Å². The maximum Gasteiger partial charge on any atom is 0.472 e. The van der Waals surface area contributed by atoms with E-state index in [0.717, 1.165) is 102 Å². The molecule has 0 rings (SSSR count). The summed E-state index contributed by atoms with van der Waals surface area (Å²) in [5.74, 6) is 0.256. The van der Waals surface area contributed by atoms with Crippen molar-refractivity contribution in [1.82, 2.24) is 0 Å². The number of carbonyl (C=O) groups is 4. The molecule has 6 atom stereocenters. The van der Waals surface area contributed by atoms with Gasteiger partial charge in [-0.3, -0.25) is 37.3 Å². The third-order valence-electron chi connectivity index (χ3n) is 19.0. The van der Waals surface area contributed by atoms with E-state index in [4.69, 9.17) is 37.0 Å². The lowest BCUT2D eigenvalue weighted by Crippen LogP contribution is -2.30. The lowest BCUT2D eigenvalue weighted by molar-refractivity contribution is -0.161. The number of rotatable bonds is 78. The first-order valence-electron chi connectivity index (χ1n) is 41.4. The molecule has 0 aromatic heterocycles. The van der Waals surface area contributed by atoms with Crippen molar-refractivity contribution in [2.24, 2.45) is 17.8 Å². The zero-order valence-corrected chi connectivity index (χ0v) is 66.8. The van der Waals surface area contributed by atoms with Gasteiger partial charge in [-0.2, -0.15) is 0 Å². The van der Waals surface area contributed by atoms with Crippen LogP contribution in [0.1, 0.15) is 414 Å². The van der Waals surface area contributed by atoms with Gasteiger partial charge in [0.1, 0.15) is 19.3 Å². The Labute approximate surface area is 607 Å². The van der Waals surface area contributed by atoms with Crippen molar-refractivity contribution in [1.29, 1.82) is 0 Å². The maximum atomic E-state index is 13.1. The highest BCUT2D eigenvalue weighted by molar-refractivity contribution is 7.47. The lowest BCUT2D eigenvalue weighted by Gasteiger charge is -2.21. The van der Waals surface area contributed by atoms with Crippen LogP contribution in [0.15, 0.2) is 0 Å². The van der Waals surface area contributed by atoms with Gasteiger partial charge in [0.15, 0.2) is 12.2 Å². The van der Waals surface area contributed by atoms with E-state index in [2.05, 4.69) is 48.5 Å². The molecule has 0 aromatic carbocycles. The van der Waals surface area contributed by atoms with Gasteiger partial charge in [0.2, 0.25) is 0 Å². The van der Waals surface area contributed by atoms with Crippen LogP contribution in [0.5, 0.6) is 0 Å². The summed E-state index contributed by atoms with van der Waals surface area (Å²) in [6, 6.07) is 0. The van der Waals surface area contributed by atoms with Gasteiger partial charge < -0.3 is 33.8 Å². The molecule has 99 heavy (non-hydrogen) atoms. The van der Waals surface area contributed by atoms with Gasteiger partial charge in [0.25, 0.3) is 0 Å². The van der Waals surface area contributed by atoms with E-state index in [1.54, 1.807) is 0 Å². The minimum atomic E-state index is -4.96. The molecule has 588 valence electrons. The van der Waals surface area contributed by atoms with Crippen LogP contribution in [0, 0.1) is 17.8 Å². The second-order valence-electron chi connectivity index (χ2n) is 30.0. The second kappa shape index (κ2) is 70.4. The molecular weight excluding hydrogens is 1290 g/mol. The normalized spacial score (nSPS) is 14.3. The van der Waals surface area contributed by atoms with Crippen molar-refractivity contribution < 1.29 is 80.2 Å². The molecule has 0 fully saturated rings. The SMILES string of the molecule is CCCCCCCCCCCC(=O)OC[C@H](COP(=O)(O)OC[C@H](O)COP(=O)(O)OC[C@@H](COC(=O)CCCCCCCCCCCCCCCCCC(C)C)OC(=O)CCCCCCCCCCCCCCCCCCCCC(C)CC)OC(=O)CCCCCCCCCC(C)C. The zero-order chi connectivity index (χ0) is 73.0. The molecule has 0 radical (unpaired) electrons. The van der Waals surface area contributed by atoms with Crippen molar-refractivity contribution in [3.63, 3.8) is 0 Å². The Balaban J connectivity index is 5.18. The van der Waals surface area contributed by atoms with Crippen LogP contribution in [0.25, 0.3) is 0 Å². The number of carbonyl (C=O) groups excluding carboxylic acids is 4. The van der Waals surface area contributed by atoms with Crippen LogP contribution < -0.4 is 0 Å². The van der Waals surface area contributed by atoms with Crippen LogP contribution in [-0.2, 0) is 65.4 Å². The fourth-order valence-electron chi connectivity index (χ4n) is 12.3. The molecule has 19 heteroatoms. The first-order chi connectivity index (χ1) is 47.8. The number of hydrogen-bond donors (Lipinski definition) is 3. The molecule has 0 aliphatic rings. The topological polar surface area (TPSA) is 237 Å². The van der Waals surface area contributed by atoms with Crippen molar-refractivity contribution in [3.8, 4) is 0 Å². The fourth-order valence-corrected chi connectivity index (χ4v) is 13.9. The third-order valence-corrected chi connectivity index (χ3v) is 20.9. The van der Waals surface area contributed by atoms with Crippen molar-refractivity contribution in [2.45, 2.75) is 433 Å². The largest absolute Gasteiger partial charge is 0.472 e. The molecule has 0 saturated heterocycles. The highest BCUT2D eigenvalue weighted by Gasteiger charge is 2.30. The van der Waals surface area contributed by atoms with E-state index < -0.39 is 97.5 Å². The molecule has 0 aromatic rings. The monoisotopic (exact) mass is 1450 g/mol. The number of esters is 4. The van der Waals surface area contributed by atoms with Crippen molar-refractivity contribution >= 4 is 39.5 Å². The molecule has 0 spiro atoms. The molecule has 3 N–H and O–H groups in total. The van der Waals surface area contributed by atoms with Gasteiger partial charge in [-0.15, -0.1) is 0 Å². The third kappa shape index (κ3) is 72.8. The second-order valence-corrected chi connectivity index (χ2v) is 32.9. The molecular formula is C80H156O17P2. The van der Waals surface area contributed by atoms with Gasteiger partial charge >= 0.3 is 39.5 Å². The quantitative estimate of drug-likeness (QED) is 0.0222. The average molecular weight is 1450 g/mol. The van der Waals surface area contributed by atoms with E-state index in [9.17, 15) is 43.2 Å². The highest BCUT2D eigenvalue weighted by atomic mass is 31.2. The summed E-state index contributed by atoms with van der Waals surface area (Å²) in [5.41, 5.74) is 0. The number of phosphoric ester groups is 2. The Kier molecular flexibility index (Phi) is 69.0. The smallest absolute Gasteiger partial charge is 0.462 e. The van der Waals surface area contributed by atoms with Crippen LogP contribution in [-0.4, -0.2) is 96.7 Å². The van der Waals surface area contributed by atoms with Crippen LogP contribution >= 0.6 is 15.6 Å². The number of phosphoric acid groups is 2. The predicted octanol–water partition coefficient (Wildman–Crippen LogP) is 23.7. The summed E-state index contributed by atoms with van der Waals surface area (Å²) in [5, 5.41) is 10.6. The van der Waals surface area contributed by atoms with Crippen LogP contribution in [0.3, 0.4) is 0 Å². The number of ether oxygens (including phenoxy) is 4. The number of hydrogen-bond acceptors (Lipinski definition) is 15. The Morgan fingerprint density at radius 2 is 0.515 bits per heavy atom. The van der Waals surface area contributed by atoms with E-state index in [1.165, 1.54) is 225 Å². The first-order valence-corrected chi connectivity index (χ1v) is 44.4. The molecule has 3 unspecified atom stereocenters. The summed E-state index contributed by atoms with van der Waals surface area (Å²) in [6.07, 6.45) is 58.5.